The molecule has 1 aliphatic carbocycles. The maximum Gasteiger partial charge on any atom is 0.0608 e. The van der Waals surface area contributed by atoms with Crippen molar-refractivity contribution in [2.75, 3.05) is 0 Å². The standard InChI is InChI=1S/C13H18O/c1-9-6-10(2)8-11(7-9)12-4-3-5-13(12)14/h6-8,12-14H,3-5H2,1-2H3/t12-,13+/m0/s1. The van der Waals surface area contributed by atoms with Crippen molar-refractivity contribution in [2.24, 2.45) is 0 Å². The Bertz CT molecular complexity index is 310. The van der Waals surface area contributed by atoms with E-state index in [-0.39, 0.29) is 6.10 Å². The molecule has 1 aromatic carbocycles. The van der Waals surface area contributed by atoms with Crippen LogP contribution in [0, 0.1) is 13.8 Å². The first-order valence-electron chi connectivity index (χ1n) is 5.43. The molecule has 0 spiro atoms. The van der Waals surface area contributed by atoms with E-state index in [2.05, 4.69) is 32.0 Å². The van der Waals surface area contributed by atoms with Gasteiger partial charge in [0.05, 0.1) is 6.10 Å². The molecule has 1 aliphatic rings. The number of aliphatic hydroxyl groups excluding tert-OH is 1. The molecule has 0 unspecified atom stereocenters. The Balaban J connectivity index is 2.31. The third-order valence-electron chi connectivity index (χ3n) is 3.15. The minimum atomic E-state index is -0.115. The molecule has 1 nitrogen and oxygen atoms in total. The molecule has 0 saturated heterocycles. The fourth-order valence-electron chi connectivity index (χ4n) is 2.55. The van der Waals surface area contributed by atoms with Crippen molar-refractivity contribution in [1.29, 1.82) is 0 Å². The van der Waals surface area contributed by atoms with Crippen LogP contribution in [0.1, 0.15) is 41.9 Å². The van der Waals surface area contributed by atoms with Gasteiger partial charge >= 0.3 is 0 Å². The highest BCUT2D eigenvalue weighted by Gasteiger charge is 2.26. The summed E-state index contributed by atoms with van der Waals surface area (Å²) in [6.07, 6.45) is 3.16. The average Bonchev–Trinajstić information content (AvgIpc) is 2.49. The van der Waals surface area contributed by atoms with Crippen molar-refractivity contribution in [2.45, 2.75) is 45.1 Å². The molecule has 0 radical (unpaired) electrons. The highest BCUT2D eigenvalue weighted by Crippen LogP contribution is 2.35. The molecule has 0 aliphatic heterocycles. The summed E-state index contributed by atoms with van der Waals surface area (Å²) in [6.45, 7) is 4.25. The molecule has 2 atom stereocenters. The van der Waals surface area contributed by atoms with Gasteiger partial charge in [0.2, 0.25) is 0 Å². The molecule has 14 heavy (non-hydrogen) atoms. The monoisotopic (exact) mass is 190 g/mol. The van der Waals surface area contributed by atoms with Gasteiger partial charge in [-0.1, -0.05) is 35.7 Å². The first-order valence-corrected chi connectivity index (χ1v) is 5.43. The van der Waals surface area contributed by atoms with Crippen LogP contribution in [0.25, 0.3) is 0 Å². The van der Waals surface area contributed by atoms with E-state index >= 15 is 0 Å². The number of rotatable bonds is 1. The van der Waals surface area contributed by atoms with Crippen LogP contribution in [0.5, 0.6) is 0 Å². The molecule has 1 fully saturated rings. The summed E-state index contributed by atoms with van der Waals surface area (Å²) in [5.41, 5.74) is 3.94. The van der Waals surface area contributed by atoms with E-state index in [1.807, 2.05) is 0 Å². The van der Waals surface area contributed by atoms with Gasteiger partial charge in [-0.05, 0) is 32.3 Å². The van der Waals surface area contributed by atoms with Crippen LogP contribution in [0.3, 0.4) is 0 Å². The summed E-state index contributed by atoms with van der Waals surface area (Å²) in [7, 11) is 0. The van der Waals surface area contributed by atoms with Gasteiger partial charge in [-0.3, -0.25) is 0 Å². The fourth-order valence-corrected chi connectivity index (χ4v) is 2.55. The maximum absolute atomic E-state index is 9.82. The van der Waals surface area contributed by atoms with Crippen molar-refractivity contribution in [3.05, 3.63) is 34.9 Å². The Labute approximate surface area is 85.8 Å². The third-order valence-corrected chi connectivity index (χ3v) is 3.15. The summed E-state index contributed by atoms with van der Waals surface area (Å²) >= 11 is 0. The van der Waals surface area contributed by atoms with Crippen LogP contribution < -0.4 is 0 Å². The molecule has 0 aromatic heterocycles. The molecule has 1 saturated carbocycles. The second kappa shape index (κ2) is 3.74. The quantitative estimate of drug-likeness (QED) is 0.722. The zero-order valence-electron chi connectivity index (χ0n) is 8.96. The Hall–Kier alpha value is -0.820. The second-order valence-electron chi connectivity index (χ2n) is 4.53. The molecule has 1 N–H and O–H groups in total. The topological polar surface area (TPSA) is 20.2 Å². The molecule has 0 heterocycles. The number of aryl methyl sites for hydroxylation is 2. The highest BCUT2D eigenvalue weighted by atomic mass is 16.3. The van der Waals surface area contributed by atoms with E-state index in [4.69, 9.17) is 0 Å². The minimum Gasteiger partial charge on any atom is -0.392 e. The molecule has 1 heteroatoms. The van der Waals surface area contributed by atoms with Crippen LogP contribution in [0.2, 0.25) is 0 Å². The molecule has 0 amide bonds. The zero-order valence-corrected chi connectivity index (χ0v) is 8.96. The van der Waals surface area contributed by atoms with Gasteiger partial charge in [0.1, 0.15) is 0 Å². The Morgan fingerprint density at radius 3 is 2.21 bits per heavy atom. The second-order valence-corrected chi connectivity index (χ2v) is 4.53. The third kappa shape index (κ3) is 1.83. The van der Waals surface area contributed by atoms with E-state index in [0.29, 0.717) is 5.92 Å². The summed E-state index contributed by atoms with van der Waals surface area (Å²) < 4.78 is 0. The summed E-state index contributed by atoms with van der Waals surface area (Å²) in [5.74, 6) is 0.383. The molecule has 76 valence electrons. The van der Waals surface area contributed by atoms with Gasteiger partial charge in [0, 0.05) is 5.92 Å². The lowest BCUT2D eigenvalue weighted by Gasteiger charge is -2.16. The van der Waals surface area contributed by atoms with Crippen molar-refractivity contribution < 1.29 is 5.11 Å². The van der Waals surface area contributed by atoms with E-state index < -0.39 is 0 Å². The summed E-state index contributed by atoms with van der Waals surface area (Å²) in [5, 5.41) is 9.82. The van der Waals surface area contributed by atoms with Crippen LogP contribution >= 0.6 is 0 Å². The molecule has 0 bridgehead atoms. The van der Waals surface area contributed by atoms with Crippen LogP contribution in [-0.4, -0.2) is 11.2 Å². The maximum atomic E-state index is 9.82. The van der Waals surface area contributed by atoms with Crippen LogP contribution in [0.4, 0.5) is 0 Å². The van der Waals surface area contributed by atoms with Gasteiger partial charge in [-0.25, -0.2) is 0 Å². The van der Waals surface area contributed by atoms with Gasteiger partial charge in [-0.15, -0.1) is 0 Å². The minimum absolute atomic E-state index is 0.115. The van der Waals surface area contributed by atoms with E-state index in [0.717, 1.165) is 12.8 Å². The predicted molar refractivity (Wildman–Crippen MR) is 58.5 cm³/mol. The Morgan fingerprint density at radius 1 is 1.07 bits per heavy atom. The van der Waals surface area contributed by atoms with Gasteiger partial charge in [-0.2, -0.15) is 0 Å². The smallest absolute Gasteiger partial charge is 0.0608 e. The summed E-state index contributed by atoms with van der Waals surface area (Å²) in [6, 6.07) is 6.61. The number of benzene rings is 1. The summed E-state index contributed by atoms with van der Waals surface area (Å²) in [4.78, 5) is 0. The van der Waals surface area contributed by atoms with E-state index in [1.54, 1.807) is 0 Å². The molecular formula is C13H18O. The first-order chi connectivity index (χ1) is 6.66. The highest BCUT2D eigenvalue weighted by molar-refractivity contribution is 5.32. The average molecular weight is 190 g/mol. The number of aliphatic hydroxyl groups is 1. The predicted octanol–water partition coefficient (Wildman–Crippen LogP) is 2.93. The number of hydrogen-bond acceptors (Lipinski definition) is 1. The molecule has 1 aromatic rings. The first kappa shape index (κ1) is 9.72. The largest absolute Gasteiger partial charge is 0.392 e. The van der Waals surface area contributed by atoms with Crippen molar-refractivity contribution >= 4 is 0 Å². The fraction of sp³-hybridized carbons (Fsp3) is 0.538. The molecule has 2 rings (SSSR count). The van der Waals surface area contributed by atoms with Gasteiger partial charge in [0.15, 0.2) is 0 Å². The van der Waals surface area contributed by atoms with Crippen molar-refractivity contribution in [3.63, 3.8) is 0 Å². The lowest BCUT2D eigenvalue weighted by Crippen LogP contribution is -2.11. The lowest BCUT2D eigenvalue weighted by molar-refractivity contribution is 0.164. The lowest BCUT2D eigenvalue weighted by atomic mass is 9.93. The van der Waals surface area contributed by atoms with E-state index in [1.165, 1.54) is 23.1 Å². The van der Waals surface area contributed by atoms with Gasteiger partial charge < -0.3 is 5.11 Å². The Morgan fingerprint density at radius 2 is 1.71 bits per heavy atom. The Kier molecular flexibility index (Phi) is 2.60. The van der Waals surface area contributed by atoms with Crippen LogP contribution in [-0.2, 0) is 0 Å². The van der Waals surface area contributed by atoms with Crippen molar-refractivity contribution in [3.8, 4) is 0 Å². The normalized spacial score (nSPS) is 26.8. The SMILES string of the molecule is Cc1cc(C)cc([C@@H]2CCC[C@H]2O)c1. The van der Waals surface area contributed by atoms with Crippen LogP contribution in [0.15, 0.2) is 18.2 Å². The van der Waals surface area contributed by atoms with Crippen molar-refractivity contribution in [1.82, 2.24) is 0 Å². The number of hydrogen-bond donors (Lipinski definition) is 1. The molecular weight excluding hydrogens is 172 g/mol. The van der Waals surface area contributed by atoms with Gasteiger partial charge in [0.25, 0.3) is 0 Å². The zero-order chi connectivity index (χ0) is 10.1. The van der Waals surface area contributed by atoms with E-state index in [9.17, 15) is 5.11 Å².